The summed E-state index contributed by atoms with van der Waals surface area (Å²) in [4.78, 5) is 16.5. The summed E-state index contributed by atoms with van der Waals surface area (Å²) in [5.74, 6) is -0.959. The Balaban J connectivity index is 1.97. The second kappa shape index (κ2) is 5.20. The summed E-state index contributed by atoms with van der Waals surface area (Å²) in [6, 6.07) is 13.0. The zero-order valence-electron chi connectivity index (χ0n) is 11.0. The van der Waals surface area contributed by atoms with Crippen molar-refractivity contribution < 1.29 is 9.18 Å². The van der Waals surface area contributed by atoms with Crippen LogP contribution in [0.25, 0.3) is 10.9 Å². The van der Waals surface area contributed by atoms with E-state index in [9.17, 15) is 9.18 Å². The minimum absolute atomic E-state index is 0.0927. The fourth-order valence-electron chi connectivity index (χ4n) is 2.12. The topological polar surface area (TPSA) is 68.0 Å². The molecular weight excluding hydrogens is 269 g/mol. The smallest absolute Gasteiger partial charge is 0.256 e. The number of hydrogen-bond donors (Lipinski definition) is 2. The zero-order chi connectivity index (χ0) is 14.8. The van der Waals surface area contributed by atoms with Crippen LogP contribution in [0.3, 0.4) is 0 Å². The molecule has 0 radical (unpaired) electrons. The molecule has 3 N–H and O–H groups in total. The van der Waals surface area contributed by atoms with Gasteiger partial charge >= 0.3 is 0 Å². The molecule has 2 aromatic carbocycles. The van der Waals surface area contributed by atoms with Gasteiger partial charge in [-0.15, -0.1) is 0 Å². The second-order valence-electron chi connectivity index (χ2n) is 4.57. The number of nitrogen functional groups attached to an aromatic ring is 1. The molecule has 0 unspecified atom stereocenters. The van der Waals surface area contributed by atoms with Crippen LogP contribution < -0.4 is 11.1 Å². The van der Waals surface area contributed by atoms with Crippen molar-refractivity contribution in [1.29, 1.82) is 0 Å². The minimum Gasteiger partial charge on any atom is -0.399 e. The van der Waals surface area contributed by atoms with Gasteiger partial charge in [0.15, 0.2) is 0 Å². The van der Waals surface area contributed by atoms with E-state index in [2.05, 4.69) is 10.3 Å². The molecule has 0 aliphatic rings. The lowest BCUT2D eigenvalue weighted by Crippen LogP contribution is -2.13. The second-order valence-corrected chi connectivity index (χ2v) is 4.57. The number of amides is 1. The van der Waals surface area contributed by atoms with Crippen LogP contribution >= 0.6 is 0 Å². The van der Waals surface area contributed by atoms with Gasteiger partial charge in [0.05, 0.1) is 16.8 Å². The molecular formula is C16H12FN3O. The van der Waals surface area contributed by atoms with Crippen molar-refractivity contribution >= 4 is 28.2 Å². The number of anilines is 2. The van der Waals surface area contributed by atoms with Crippen LogP contribution in [-0.2, 0) is 0 Å². The summed E-state index contributed by atoms with van der Waals surface area (Å²) >= 11 is 0. The number of rotatable bonds is 2. The molecule has 3 rings (SSSR count). The van der Waals surface area contributed by atoms with E-state index in [0.29, 0.717) is 22.2 Å². The Kier molecular flexibility index (Phi) is 3.23. The molecule has 21 heavy (non-hydrogen) atoms. The third-order valence-electron chi connectivity index (χ3n) is 3.14. The maximum Gasteiger partial charge on any atom is 0.256 e. The van der Waals surface area contributed by atoms with E-state index < -0.39 is 11.7 Å². The van der Waals surface area contributed by atoms with E-state index in [0.717, 1.165) is 0 Å². The molecule has 1 heterocycles. The van der Waals surface area contributed by atoms with Crippen LogP contribution in [0.2, 0.25) is 0 Å². The van der Waals surface area contributed by atoms with Gasteiger partial charge in [-0.2, -0.15) is 0 Å². The average Bonchev–Trinajstić information content (AvgIpc) is 2.49. The molecule has 0 bridgehead atoms. The fraction of sp³-hybridized carbons (Fsp3) is 0. The number of hydrogen-bond acceptors (Lipinski definition) is 3. The van der Waals surface area contributed by atoms with Crippen molar-refractivity contribution in [3.8, 4) is 0 Å². The van der Waals surface area contributed by atoms with E-state index in [-0.39, 0.29) is 5.69 Å². The molecule has 1 amide bonds. The quantitative estimate of drug-likeness (QED) is 0.709. The normalized spacial score (nSPS) is 10.5. The Morgan fingerprint density at radius 3 is 2.76 bits per heavy atom. The average molecular weight is 281 g/mol. The number of carbonyl (C=O) groups is 1. The first-order valence-electron chi connectivity index (χ1n) is 6.35. The molecule has 5 heteroatoms. The number of aromatic nitrogens is 1. The molecule has 0 saturated carbocycles. The van der Waals surface area contributed by atoms with Gasteiger partial charge in [0.1, 0.15) is 5.82 Å². The third-order valence-corrected chi connectivity index (χ3v) is 3.14. The van der Waals surface area contributed by atoms with Crippen molar-refractivity contribution in [1.82, 2.24) is 4.98 Å². The molecule has 0 aliphatic heterocycles. The summed E-state index contributed by atoms with van der Waals surface area (Å²) in [5.41, 5.74) is 7.03. The Labute approximate surface area is 120 Å². The first-order chi connectivity index (χ1) is 10.1. The van der Waals surface area contributed by atoms with Gasteiger partial charge in [-0.05, 0) is 30.3 Å². The van der Waals surface area contributed by atoms with Crippen LogP contribution in [0.4, 0.5) is 15.8 Å². The maximum atomic E-state index is 13.7. The summed E-state index contributed by atoms with van der Waals surface area (Å²) < 4.78 is 13.7. The fourth-order valence-corrected chi connectivity index (χ4v) is 2.12. The monoisotopic (exact) mass is 281 g/mol. The lowest BCUT2D eigenvalue weighted by Gasteiger charge is -2.09. The highest BCUT2D eigenvalue weighted by Gasteiger charge is 2.12. The summed E-state index contributed by atoms with van der Waals surface area (Å²) in [6.45, 7) is 0. The predicted molar refractivity (Wildman–Crippen MR) is 80.5 cm³/mol. The van der Waals surface area contributed by atoms with E-state index in [4.69, 9.17) is 5.73 Å². The highest BCUT2D eigenvalue weighted by molar-refractivity contribution is 6.12. The van der Waals surface area contributed by atoms with Crippen LogP contribution in [0.1, 0.15) is 10.4 Å². The van der Waals surface area contributed by atoms with Gasteiger partial charge in [0, 0.05) is 17.3 Å². The van der Waals surface area contributed by atoms with Crippen molar-refractivity contribution in [2.24, 2.45) is 0 Å². The lowest BCUT2D eigenvalue weighted by molar-refractivity contribution is 0.102. The van der Waals surface area contributed by atoms with E-state index in [1.165, 1.54) is 18.2 Å². The van der Waals surface area contributed by atoms with E-state index in [1.807, 2.05) is 18.2 Å². The predicted octanol–water partition coefficient (Wildman–Crippen LogP) is 3.21. The standard InChI is InChI=1S/C16H12FN3O/c17-13-9-10(18)5-6-15(13)20-16(21)12-7-8-19-14-4-2-1-3-11(12)14/h1-9H,18H2,(H,20,21). The van der Waals surface area contributed by atoms with E-state index in [1.54, 1.807) is 18.3 Å². The van der Waals surface area contributed by atoms with Crippen LogP contribution in [0, 0.1) is 5.82 Å². The summed E-state index contributed by atoms with van der Waals surface area (Å²) in [7, 11) is 0. The van der Waals surface area contributed by atoms with Crippen LogP contribution in [0.5, 0.6) is 0 Å². The Hall–Kier alpha value is -2.95. The molecule has 3 aromatic rings. The largest absolute Gasteiger partial charge is 0.399 e. The lowest BCUT2D eigenvalue weighted by atomic mass is 10.1. The number of fused-ring (bicyclic) bond motifs is 1. The minimum atomic E-state index is -0.568. The first kappa shape index (κ1) is 13.1. The Morgan fingerprint density at radius 2 is 1.95 bits per heavy atom. The number of benzene rings is 2. The molecule has 0 atom stereocenters. The molecule has 0 fully saturated rings. The van der Waals surface area contributed by atoms with Crippen LogP contribution in [0.15, 0.2) is 54.7 Å². The van der Waals surface area contributed by atoms with Gasteiger partial charge in [-0.25, -0.2) is 4.39 Å². The SMILES string of the molecule is Nc1ccc(NC(=O)c2ccnc3ccccc23)c(F)c1. The molecule has 0 aliphatic carbocycles. The first-order valence-corrected chi connectivity index (χ1v) is 6.35. The maximum absolute atomic E-state index is 13.7. The number of para-hydroxylation sites is 1. The van der Waals surface area contributed by atoms with Crippen molar-refractivity contribution in [3.63, 3.8) is 0 Å². The molecule has 1 aromatic heterocycles. The van der Waals surface area contributed by atoms with Crippen molar-refractivity contribution in [2.45, 2.75) is 0 Å². The molecule has 4 nitrogen and oxygen atoms in total. The van der Waals surface area contributed by atoms with E-state index >= 15 is 0 Å². The van der Waals surface area contributed by atoms with Crippen LogP contribution in [-0.4, -0.2) is 10.9 Å². The number of pyridine rings is 1. The van der Waals surface area contributed by atoms with Gasteiger partial charge < -0.3 is 11.1 Å². The molecule has 104 valence electrons. The summed E-state index contributed by atoms with van der Waals surface area (Å²) in [6.07, 6.45) is 1.55. The van der Waals surface area contributed by atoms with Gasteiger partial charge in [-0.1, -0.05) is 18.2 Å². The third kappa shape index (κ3) is 2.53. The Bertz CT molecular complexity index is 827. The number of halogens is 1. The van der Waals surface area contributed by atoms with Gasteiger partial charge in [0.25, 0.3) is 5.91 Å². The van der Waals surface area contributed by atoms with Gasteiger partial charge in [0.2, 0.25) is 0 Å². The summed E-state index contributed by atoms with van der Waals surface area (Å²) in [5, 5.41) is 3.26. The molecule has 0 saturated heterocycles. The molecule has 0 spiro atoms. The number of nitrogens with two attached hydrogens (primary N) is 1. The zero-order valence-corrected chi connectivity index (χ0v) is 11.0. The highest BCUT2D eigenvalue weighted by atomic mass is 19.1. The highest BCUT2D eigenvalue weighted by Crippen LogP contribution is 2.20. The van der Waals surface area contributed by atoms with Crippen molar-refractivity contribution in [2.75, 3.05) is 11.1 Å². The number of nitrogens with zero attached hydrogens (tertiary/aromatic N) is 1. The van der Waals surface area contributed by atoms with Gasteiger partial charge in [-0.3, -0.25) is 9.78 Å². The number of carbonyl (C=O) groups excluding carboxylic acids is 1. The number of nitrogens with one attached hydrogen (secondary N) is 1. The Morgan fingerprint density at radius 1 is 1.14 bits per heavy atom. The van der Waals surface area contributed by atoms with Crippen molar-refractivity contribution in [3.05, 3.63) is 66.1 Å².